The first-order valence-electron chi connectivity index (χ1n) is 6.72. The number of rotatable bonds is 2. The van der Waals surface area contributed by atoms with Crippen LogP contribution in [0.1, 0.15) is 21.5 Å². The second-order valence-electron chi connectivity index (χ2n) is 4.97. The number of fused-ring (bicyclic) bond motifs is 2. The molecule has 0 unspecified atom stereocenters. The molecule has 0 bridgehead atoms. The summed E-state index contributed by atoms with van der Waals surface area (Å²) in [5.74, 6) is 0.341. The smallest absolute Gasteiger partial charge is 0.300 e. The zero-order valence-electron chi connectivity index (χ0n) is 11.1. The molecule has 0 fully saturated rings. The maximum absolute atomic E-state index is 11.3. The van der Waals surface area contributed by atoms with Crippen LogP contribution in [0, 0.1) is 0 Å². The highest BCUT2D eigenvalue weighted by Crippen LogP contribution is 2.26. The number of nitrogens with zero attached hydrogens (tertiary/aromatic N) is 4. The van der Waals surface area contributed by atoms with Gasteiger partial charge in [0.2, 0.25) is 5.95 Å². The summed E-state index contributed by atoms with van der Waals surface area (Å²) in [4.78, 5) is 19.7. The zero-order chi connectivity index (χ0) is 14.2. The predicted octanol–water partition coefficient (Wildman–Crippen LogP) is 2.10. The van der Waals surface area contributed by atoms with Crippen molar-refractivity contribution in [1.82, 2.24) is 15.3 Å². The van der Waals surface area contributed by atoms with Gasteiger partial charge in [0.15, 0.2) is 5.82 Å². The SMILES string of the molecule is O=C1N=Nc2nc(Nc3ccc4c(c3)CCNC4)ncc21. The quantitative estimate of drug-likeness (QED) is 0.879. The Morgan fingerprint density at radius 3 is 3.10 bits per heavy atom. The molecule has 4 rings (SSSR count). The van der Waals surface area contributed by atoms with Crippen molar-refractivity contribution in [2.45, 2.75) is 13.0 Å². The summed E-state index contributed by atoms with van der Waals surface area (Å²) in [6.45, 7) is 1.90. The topological polar surface area (TPSA) is 91.6 Å². The molecule has 0 spiro atoms. The third-order valence-corrected chi connectivity index (χ3v) is 3.58. The van der Waals surface area contributed by atoms with E-state index in [1.54, 1.807) is 0 Å². The molecule has 0 radical (unpaired) electrons. The van der Waals surface area contributed by atoms with Gasteiger partial charge >= 0.3 is 5.91 Å². The molecule has 104 valence electrons. The molecule has 2 aromatic rings. The van der Waals surface area contributed by atoms with Crippen LogP contribution in [0.3, 0.4) is 0 Å². The highest BCUT2D eigenvalue weighted by Gasteiger charge is 2.20. The van der Waals surface area contributed by atoms with Gasteiger partial charge in [-0.25, -0.2) is 4.98 Å². The number of aromatic nitrogens is 2. The number of carbonyl (C=O) groups excluding carboxylic acids is 1. The van der Waals surface area contributed by atoms with Gasteiger partial charge in [0.05, 0.1) is 0 Å². The lowest BCUT2D eigenvalue weighted by atomic mass is 10.0. The fraction of sp³-hybridized carbons (Fsp3) is 0.214. The molecule has 7 nitrogen and oxygen atoms in total. The van der Waals surface area contributed by atoms with Gasteiger partial charge in [0.1, 0.15) is 5.56 Å². The van der Waals surface area contributed by atoms with Crippen LogP contribution >= 0.6 is 0 Å². The molecule has 1 aromatic carbocycles. The lowest BCUT2D eigenvalue weighted by Crippen LogP contribution is -2.23. The first-order valence-corrected chi connectivity index (χ1v) is 6.72. The number of hydrogen-bond donors (Lipinski definition) is 2. The molecular formula is C14H12N6O. The highest BCUT2D eigenvalue weighted by molar-refractivity contribution is 6.00. The predicted molar refractivity (Wildman–Crippen MR) is 76.0 cm³/mol. The summed E-state index contributed by atoms with van der Waals surface area (Å²) < 4.78 is 0. The van der Waals surface area contributed by atoms with Gasteiger partial charge < -0.3 is 10.6 Å². The minimum absolute atomic E-state index is 0.319. The molecule has 2 aliphatic rings. The van der Waals surface area contributed by atoms with E-state index in [2.05, 4.69) is 43.0 Å². The van der Waals surface area contributed by atoms with Crippen LogP contribution < -0.4 is 10.6 Å². The zero-order valence-corrected chi connectivity index (χ0v) is 11.1. The van der Waals surface area contributed by atoms with E-state index < -0.39 is 5.91 Å². The molecule has 21 heavy (non-hydrogen) atoms. The van der Waals surface area contributed by atoms with Crippen molar-refractivity contribution in [3.05, 3.63) is 41.1 Å². The van der Waals surface area contributed by atoms with Crippen LogP contribution in [0.4, 0.5) is 17.5 Å². The average Bonchev–Trinajstić information content (AvgIpc) is 2.88. The Morgan fingerprint density at radius 1 is 1.19 bits per heavy atom. The van der Waals surface area contributed by atoms with Crippen LogP contribution in [0.5, 0.6) is 0 Å². The van der Waals surface area contributed by atoms with E-state index in [-0.39, 0.29) is 0 Å². The van der Waals surface area contributed by atoms with Crippen LogP contribution in [-0.2, 0) is 13.0 Å². The van der Waals surface area contributed by atoms with Crippen molar-refractivity contribution in [1.29, 1.82) is 0 Å². The fourth-order valence-corrected chi connectivity index (χ4v) is 2.49. The van der Waals surface area contributed by atoms with Crippen molar-refractivity contribution < 1.29 is 4.79 Å². The Labute approximate surface area is 120 Å². The van der Waals surface area contributed by atoms with E-state index in [0.717, 1.165) is 25.2 Å². The van der Waals surface area contributed by atoms with E-state index in [9.17, 15) is 4.79 Å². The Bertz CT molecular complexity index is 770. The second kappa shape index (κ2) is 4.71. The third kappa shape index (κ3) is 2.17. The van der Waals surface area contributed by atoms with Crippen LogP contribution in [0.15, 0.2) is 34.6 Å². The summed E-state index contributed by atoms with van der Waals surface area (Å²) in [6, 6.07) is 6.20. The first-order chi connectivity index (χ1) is 10.3. The Morgan fingerprint density at radius 2 is 2.14 bits per heavy atom. The molecule has 1 aromatic heterocycles. The minimum Gasteiger partial charge on any atom is -0.324 e. The number of carbonyl (C=O) groups is 1. The van der Waals surface area contributed by atoms with Gasteiger partial charge in [-0.15, -0.1) is 10.2 Å². The summed E-state index contributed by atoms with van der Waals surface area (Å²) in [7, 11) is 0. The molecule has 2 N–H and O–H groups in total. The van der Waals surface area contributed by atoms with Crippen LogP contribution in [-0.4, -0.2) is 22.4 Å². The maximum atomic E-state index is 11.3. The molecule has 0 saturated carbocycles. The Kier molecular flexibility index (Phi) is 2.71. The van der Waals surface area contributed by atoms with Crippen LogP contribution in [0.2, 0.25) is 0 Å². The summed E-state index contributed by atoms with van der Waals surface area (Å²) in [5.41, 5.74) is 3.92. The standard InChI is InChI=1S/C14H12N6O/c21-13-11-7-16-14(18-12(11)19-20-13)17-10-2-1-9-6-15-4-3-8(9)5-10/h1-2,5,7,15H,3-4,6H2,(H,16,17,18). The van der Waals surface area contributed by atoms with Gasteiger partial charge in [-0.1, -0.05) is 6.07 Å². The normalized spacial score (nSPS) is 15.7. The van der Waals surface area contributed by atoms with Crippen molar-refractivity contribution in [3.63, 3.8) is 0 Å². The molecule has 0 atom stereocenters. The third-order valence-electron chi connectivity index (χ3n) is 3.58. The van der Waals surface area contributed by atoms with Gasteiger partial charge in [0.25, 0.3) is 0 Å². The molecular weight excluding hydrogens is 268 g/mol. The largest absolute Gasteiger partial charge is 0.324 e. The van der Waals surface area contributed by atoms with E-state index in [0.29, 0.717) is 17.3 Å². The average molecular weight is 280 g/mol. The van der Waals surface area contributed by atoms with Crippen molar-refractivity contribution >= 4 is 23.4 Å². The van der Waals surface area contributed by atoms with Gasteiger partial charge in [0, 0.05) is 18.4 Å². The Balaban J connectivity index is 1.61. The Hall–Kier alpha value is -2.67. The monoisotopic (exact) mass is 280 g/mol. The van der Waals surface area contributed by atoms with Gasteiger partial charge in [-0.2, -0.15) is 4.98 Å². The number of nitrogens with one attached hydrogen (secondary N) is 2. The molecule has 3 heterocycles. The van der Waals surface area contributed by atoms with E-state index in [1.807, 2.05) is 6.07 Å². The van der Waals surface area contributed by atoms with Crippen molar-refractivity contribution in [3.8, 4) is 0 Å². The molecule has 2 aliphatic heterocycles. The number of benzene rings is 1. The summed E-state index contributed by atoms with van der Waals surface area (Å²) in [6.07, 6.45) is 2.47. The lowest BCUT2D eigenvalue weighted by molar-refractivity contribution is 0.100. The summed E-state index contributed by atoms with van der Waals surface area (Å²) >= 11 is 0. The second-order valence-corrected chi connectivity index (χ2v) is 4.97. The van der Waals surface area contributed by atoms with Crippen molar-refractivity contribution in [2.75, 3.05) is 11.9 Å². The van der Waals surface area contributed by atoms with Crippen LogP contribution in [0.25, 0.3) is 0 Å². The van der Waals surface area contributed by atoms with E-state index >= 15 is 0 Å². The number of hydrogen-bond acceptors (Lipinski definition) is 6. The highest BCUT2D eigenvalue weighted by atomic mass is 16.2. The first kappa shape index (κ1) is 12.1. The fourth-order valence-electron chi connectivity index (χ4n) is 2.49. The molecule has 0 aliphatic carbocycles. The van der Waals surface area contributed by atoms with Crippen molar-refractivity contribution in [2.24, 2.45) is 10.2 Å². The van der Waals surface area contributed by atoms with E-state index in [1.165, 1.54) is 17.3 Å². The van der Waals surface area contributed by atoms with E-state index in [4.69, 9.17) is 0 Å². The molecule has 7 heteroatoms. The number of azo groups is 1. The maximum Gasteiger partial charge on any atom is 0.300 e. The number of anilines is 2. The number of amides is 1. The lowest BCUT2D eigenvalue weighted by Gasteiger charge is -2.18. The molecule has 0 saturated heterocycles. The molecule has 1 amide bonds. The van der Waals surface area contributed by atoms with Gasteiger partial charge in [-0.05, 0) is 36.2 Å². The minimum atomic E-state index is -0.391. The summed E-state index contributed by atoms with van der Waals surface area (Å²) in [5, 5.41) is 13.7. The van der Waals surface area contributed by atoms with Gasteiger partial charge in [-0.3, -0.25) is 4.79 Å².